The molecule has 1 aromatic rings. The molecule has 1 atom stereocenters. The molecule has 0 N–H and O–H groups in total. The number of rotatable bonds is 6. The molecule has 2 rings (SSSR count). The van der Waals surface area contributed by atoms with Gasteiger partial charge in [-0.1, -0.05) is 19.1 Å². The van der Waals surface area contributed by atoms with Crippen molar-refractivity contribution in [1.82, 2.24) is 4.90 Å². The predicted molar refractivity (Wildman–Crippen MR) is 92.8 cm³/mol. The fourth-order valence-corrected chi connectivity index (χ4v) is 4.14. The van der Waals surface area contributed by atoms with Crippen molar-refractivity contribution in [2.24, 2.45) is 0 Å². The van der Waals surface area contributed by atoms with Crippen LogP contribution in [0.4, 0.5) is 10.1 Å². The summed E-state index contributed by atoms with van der Waals surface area (Å²) in [5, 5.41) is 0. The van der Waals surface area contributed by atoms with Crippen LogP contribution in [-0.4, -0.2) is 44.6 Å². The van der Waals surface area contributed by atoms with Gasteiger partial charge in [-0.05, 0) is 37.8 Å². The maximum absolute atomic E-state index is 14.0. The zero-order chi connectivity index (χ0) is 17.7. The van der Waals surface area contributed by atoms with E-state index >= 15 is 0 Å². The standard InChI is InChI=1S/C17H25FN2O3S/c1-3-14-8-6-7-12-19(14)17(21)11-13-20(24(2,22)23)16-10-5-4-9-15(16)18/h4-5,9-10,14H,3,6-8,11-13H2,1-2H3. The van der Waals surface area contributed by atoms with Crippen molar-refractivity contribution in [3.63, 3.8) is 0 Å². The highest BCUT2D eigenvalue weighted by molar-refractivity contribution is 7.92. The molecule has 1 saturated heterocycles. The first-order chi connectivity index (χ1) is 11.3. The maximum atomic E-state index is 14.0. The molecular formula is C17H25FN2O3S. The Hall–Kier alpha value is -1.63. The fraction of sp³-hybridized carbons (Fsp3) is 0.588. The van der Waals surface area contributed by atoms with Crippen molar-refractivity contribution in [2.45, 2.75) is 45.1 Å². The summed E-state index contributed by atoms with van der Waals surface area (Å²) in [6.45, 7) is 2.72. The van der Waals surface area contributed by atoms with Crippen LogP contribution in [-0.2, 0) is 14.8 Å². The van der Waals surface area contributed by atoms with Crippen LogP contribution in [0, 0.1) is 5.82 Å². The summed E-state index contributed by atoms with van der Waals surface area (Å²) < 4.78 is 39.0. The third kappa shape index (κ3) is 4.47. The van der Waals surface area contributed by atoms with Gasteiger partial charge in [-0.15, -0.1) is 0 Å². The number of amides is 1. The average Bonchev–Trinajstić information content (AvgIpc) is 2.55. The van der Waals surface area contributed by atoms with Gasteiger partial charge in [0.2, 0.25) is 15.9 Å². The number of hydrogen-bond donors (Lipinski definition) is 0. The number of benzene rings is 1. The van der Waals surface area contributed by atoms with E-state index in [9.17, 15) is 17.6 Å². The molecule has 134 valence electrons. The summed E-state index contributed by atoms with van der Waals surface area (Å²) in [6, 6.07) is 5.94. The second-order valence-electron chi connectivity index (χ2n) is 6.18. The molecule has 1 heterocycles. The minimum Gasteiger partial charge on any atom is -0.340 e. The highest BCUT2D eigenvalue weighted by Crippen LogP contribution is 2.23. The summed E-state index contributed by atoms with van der Waals surface area (Å²) in [7, 11) is -3.66. The zero-order valence-corrected chi connectivity index (χ0v) is 15.1. The molecule has 0 bridgehead atoms. The van der Waals surface area contributed by atoms with E-state index < -0.39 is 15.8 Å². The Kier molecular flexibility index (Phi) is 6.21. The molecule has 7 heteroatoms. The van der Waals surface area contributed by atoms with Gasteiger partial charge in [0.25, 0.3) is 0 Å². The SMILES string of the molecule is CCC1CCCCN1C(=O)CCN(c1ccccc1F)S(C)(=O)=O. The van der Waals surface area contributed by atoms with Crippen molar-refractivity contribution in [3.8, 4) is 0 Å². The van der Waals surface area contributed by atoms with Crippen LogP contribution in [0.5, 0.6) is 0 Å². The van der Waals surface area contributed by atoms with Gasteiger partial charge in [-0.3, -0.25) is 9.10 Å². The fourth-order valence-electron chi connectivity index (χ4n) is 3.21. The van der Waals surface area contributed by atoms with Gasteiger partial charge in [0.15, 0.2) is 0 Å². The third-order valence-electron chi connectivity index (χ3n) is 4.47. The first kappa shape index (κ1) is 18.7. The Labute approximate surface area is 143 Å². The molecule has 1 fully saturated rings. The molecular weight excluding hydrogens is 331 g/mol. The summed E-state index contributed by atoms with van der Waals surface area (Å²) in [4.78, 5) is 14.4. The summed E-state index contributed by atoms with van der Waals surface area (Å²) in [5.74, 6) is -0.675. The van der Waals surface area contributed by atoms with Gasteiger partial charge >= 0.3 is 0 Å². The van der Waals surface area contributed by atoms with Gasteiger partial charge in [0.1, 0.15) is 5.82 Å². The first-order valence-electron chi connectivity index (χ1n) is 8.36. The number of sulfonamides is 1. The van der Waals surface area contributed by atoms with Gasteiger partial charge < -0.3 is 4.90 Å². The number of piperidine rings is 1. The molecule has 1 aliphatic rings. The van der Waals surface area contributed by atoms with E-state index in [0.29, 0.717) is 0 Å². The Morgan fingerprint density at radius 3 is 2.67 bits per heavy atom. The van der Waals surface area contributed by atoms with E-state index in [1.165, 1.54) is 18.2 Å². The number of carbonyl (C=O) groups excluding carboxylic acids is 1. The molecule has 0 aliphatic carbocycles. The lowest BCUT2D eigenvalue weighted by Crippen LogP contribution is -2.45. The highest BCUT2D eigenvalue weighted by Gasteiger charge is 2.27. The minimum atomic E-state index is -3.66. The zero-order valence-electron chi connectivity index (χ0n) is 14.2. The Morgan fingerprint density at radius 1 is 1.33 bits per heavy atom. The Bertz CT molecular complexity index is 678. The molecule has 1 unspecified atom stereocenters. The van der Waals surface area contributed by atoms with Crippen LogP contribution >= 0.6 is 0 Å². The largest absolute Gasteiger partial charge is 0.340 e. The smallest absolute Gasteiger partial charge is 0.232 e. The maximum Gasteiger partial charge on any atom is 0.232 e. The number of anilines is 1. The van der Waals surface area contributed by atoms with E-state index in [0.717, 1.165) is 42.8 Å². The van der Waals surface area contributed by atoms with E-state index in [-0.39, 0.29) is 30.6 Å². The van der Waals surface area contributed by atoms with Crippen molar-refractivity contribution < 1.29 is 17.6 Å². The first-order valence-corrected chi connectivity index (χ1v) is 10.2. The molecule has 1 aromatic carbocycles. The van der Waals surface area contributed by atoms with Crippen LogP contribution in [0.3, 0.4) is 0 Å². The molecule has 24 heavy (non-hydrogen) atoms. The lowest BCUT2D eigenvalue weighted by atomic mass is 9.99. The van der Waals surface area contributed by atoms with E-state index in [1.54, 1.807) is 6.07 Å². The minimum absolute atomic E-state index is 0.0153. The van der Waals surface area contributed by atoms with Crippen molar-refractivity contribution in [1.29, 1.82) is 0 Å². The lowest BCUT2D eigenvalue weighted by Gasteiger charge is -2.36. The number of likely N-dealkylation sites (tertiary alicyclic amines) is 1. The molecule has 0 aromatic heterocycles. The topological polar surface area (TPSA) is 57.7 Å². The number of para-hydroxylation sites is 1. The molecule has 1 amide bonds. The number of nitrogens with zero attached hydrogens (tertiary/aromatic N) is 2. The van der Waals surface area contributed by atoms with Gasteiger partial charge in [-0.2, -0.15) is 0 Å². The molecule has 0 radical (unpaired) electrons. The van der Waals surface area contributed by atoms with Crippen LogP contribution in [0.25, 0.3) is 0 Å². The lowest BCUT2D eigenvalue weighted by molar-refractivity contribution is -0.134. The van der Waals surface area contributed by atoms with Crippen LogP contribution in [0.2, 0.25) is 0 Å². The predicted octanol–water partition coefficient (Wildman–Crippen LogP) is 2.77. The summed E-state index contributed by atoms with van der Waals surface area (Å²) in [6.07, 6.45) is 5.07. The van der Waals surface area contributed by atoms with Gasteiger partial charge in [-0.25, -0.2) is 12.8 Å². The molecule has 0 saturated carbocycles. The van der Waals surface area contributed by atoms with Crippen molar-refractivity contribution in [2.75, 3.05) is 23.7 Å². The summed E-state index contributed by atoms with van der Waals surface area (Å²) >= 11 is 0. The quantitative estimate of drug-likeness (QED) is 0.787. The van der Waals surface area contributed by atoms with Crippen LogP contribution in [0.15, 0.2) is 24.3 Å². The third-order valence-corrected chi connectivity index (χ3v) is 5.65. The monoisotopic (exact) mass is 356 g/mol. The average molecular weight is 356 g/mol. The Morgan fingerprint density at radius 2 is 2.04 bits per heavy atom. The Balaban J connectivity index is 2.11. The molecule has 5 nitrogen and oxygen atoms in total. The van der Waals surface area contributed by atoms with Crippen molar-refractivity contribution in [3.05, 3.63) is 30.1 Å². The van der Waals surface area contributed by atoms with E-state index in [4.69, 9.17) is 0 Å². The molecule has 0 spiro atoms. The van der Waals surface area contributed by atoms with Gasteiger partial charge in [0, 0.05) is 25.6 Å². The van der Waals surface area contributed by atoms with E-state index in [1.807, 2.05) is 4.90 Å². The highest BCUT2D eigenvalue weighted by atomic mass is 32.2. The number of carbonyl (C=O) groups is 1. The second kappa shape index (κ2) is 7.96. The number of hydrogen-bond acceptors (Lipinski definition) is 3. The number of halogens is 1. The normalized spacial score (nSPS) is 18.5. The molecule has 1 aliphatic heterocycles. The van der Waals surface area contributed by atoms with Crippen LogP contribution < -0.4 is 4.31 Å². The van der Waals surface area contributed by atoms with Crippen molar-refractivity contribution >= 4 is 21.6 Å². The van der Waals surface area contributed by atoms with Gasteiger partial charge in [0.05, 0.1) is 11.9 Å². The van der Waals surface area contributed by atoms with Crippen LogP contribution in [0.1, 0.15) is 39.0 Å². The second-order valence-corrected chi connectivity index (χ2v) is 8.09. The summed E-state index contributed by atoms with van der Waals surface area (Å²) in [5.41, 5.74) is -0.0153. The van der Waals surface area contributed by atoms with E-state index in [2.05, 4.69) is 6.92 Å².